The van der Waals surface area contributed by atoms with E-state index >= 15 is 0 Å². The van der Waals surface area contributed by atoms with Gasteiger partial charge in [0.2, 0.25) is 0 Å². The maximum atomic E-state index is 13.7. The summed E-state index contributed by atoms with van der Waals surface area (Å²) >= 11 is 0. The van der Waals surface area contributed by atoms with Gasteiger partial charge in [0.15, 0.2) is 5.78 Å². The summed E-state index contributed by atoms with van der Waals surface area (Å²) < 4.78 is 0. The van der Waals surface area contributed by atoms with Crippen LogP contribution >= 0.6 is 0 Å². The van der Waals surface area contributed by atoms with E-state index in [1.54, 1.807) is 0 Å². The second-order valence-electron chi connectivity index (χ2n) is 11.1. The van der Waals surface area contributed by atoms with Crippen LogP contribution in [-0.4, -0.2) is 11.6 Å². The minimum absolute atomic E-state index is 0.0342. The lowest BCUT2D eigenvalue weighted by Gasteiger charge is -2.56. The molecule has 0 aromatic rings. The van der Waals surface area contributed by atoms with Crippen molar-refractivity contribution in [1.82, 2.24) is 0 Å². The summed E-state index contributed by atoms with van der Waals surface area (Å²) in [6.45, 7) is 4.79. The average molecular weight is 353 g/mol. The van der Waals surface area contributed by atoms with Gasteiger partial charge in [-0.2, -0.15) is 0 Å². The molecule has 0 N–H and O–H groups in total. The Labute approximate surface area is 157 Å². The molecule has 6 rings (SSSR count). The van der Waals surface area contributed by atoms with Crippen molar-refractivity contribution < 1.29 is 9.59 Å². The fourth-order valence-corrected chi connectivity index (χ4v) is 9.25. The highest BCUT2D eigenvalue weighted by atomic mass is 16.1. The number of hydrogen-bond acceptors (Lipinski definition) is 2. The highest BCUT2D eigenvalue weighted by Crippen LogP contribution is 2.79. The predicted molar refractivity (Wildman–Crippen MR) is 100 cm³/mol. The van der Waals surface area contributed by atoms with E-state index in [4.69, 9.17) is 0 Å². The van der Waals surface area contributed by atoms with Crippen LogP contribution in [0, 0.1) is 45.8 Å². The van der Waals surface area contributed by atoms with Crippen LogP contribution in [-0.2, 0) is 9.59 Å². The lowest BCUT2D eigenvalue weighted by Crippen LogP contribution is -2.50. The fourth-order valence-electron chi connectivity index (χ4n) is 9.25. The van der Waals surface area contributed by atoms with Gasteiger partial charge in [-0.25, -0.2) is 0 Å². The summed E-state index contributed by atoms with van der Waals surface area (Å²) in [5.41, 5.74) is 1.76. The zero-order chi connectivity index (χ0) is 17.9. The minimum Gasteiger partial charge on any atom is -0.298 e. The molecule has 5 saturated carbocycles. The van der Waals surface area contributed by atoms with Gasteiger partial charge in [0.1, 0.15) is 5.78 Å². The van der Waals surface area contributed by atoms with E-state index < -0.39 is 0 Å². The topological polar surface area (TPSA) is 34.1 Å². The molecule has 26 heavy (non-hydrogen) atoms. The predicted octanol–water partition coefficient (Wildman–Crippen LogP) is 5.11. The molecule has 0 aromatic carbocycles. The molecule has 2 heteroatoms. The molecule has 6 aliphatic rings. The molecule has 0 radical (unpaired) electrons. The first kappa shape index (κ1) is 16.1. The smallest absolute Gasteiger partial charge is 0.155 e. The SMILES string of the molecule is CC12CCC3C(CCC4=CC(=O)CCC43C)C1CC1(C2=O)C2CCCC21. The maximum Gasteiger partial charge on any atom is 0.155 e. The zero-order valence-corrected chi connectivity index (χ0v) is 16.4. The number of carbonyl (C=O) groups excluding carboxylic acids is 2. The van der Waals surface area contributed by atoms with Gasteiger partial charge in [-0.3, -0.25) is 9.59 Å². The van der Waals surface area contributed by atoms with Gasteiger partial charge in [-0.1, -0.05) is 25.8 Å². The molecule has 0 heterocycles. The Hall–Kier alpha value is -0.920. The molecule has 7 unspecified atom stereocenters. The van der Waals surface area contributed by atoms with E-state index in [9.17, 15) is 9.59 Å². The summed E-state index contributed by atoms with van der Waals surface area (Å²) in [7, 11) is 0. The quantitative estimate of drug-likeness (QED) is 0.607. The van der Waals surface area contributed by atoms with Crippen molar-refractivity contribution in [2.45, 2.75) is 78.1 Å². The van der Waals surface area contributed by atoms with Crippen LogP contribution in [0.2, 0.25) is 0 Å². The number of hydrogen-bond donors (Lipinski definition) is 0. The van der Waals surface area contributed by atoms with Crippen LogP contribution in [0.3, 0.4) is 0 Å². The Bertz CT molecular complexity index is 737. The number of fused-ring (bicyclic) bond motifs is 8. The molecule has 1 spiro atoms. The van der Waals surface area contributed by atoms with Crippen molar-refractivity contribution in [2.24, 2.45) is 45.8 Å². The standard InChI is InChI=1S/C24H32O2/c1-22-10-8-15(25)12-14(22)6-7-16-17(22)9-11-23(2)20(16)13-24(21(23)26)18-4-3-5-19(18)24/h12,16-20H,3-11,13H2,1-2H3. The van der Waals surface area contributed by atoms with Crippen LogP contribution in [0.5, 0.6) is 0 Å². The highest BCUT2D eigenvalue weighted by Gasteiger charge is 2.78. The monoisotopic (exact) mass is 352 g/mol. The van der Waals surface area contributed by atoms with Gasteiger partial charge in [0, 0.05) is 17.3 Å². The molecule has 0 bridgehead atoms. The Morgan fingerprint density at radius 1 is 0.846 bits per heavy atom. The summed E-state index contributed by atoms with van der Waals surface area (Å²) in [5, 5.41) is 0. The van der Waals surface area contributed by atoms with E-state index in [1.807, 2.05) is 6.08 Å². The van der Waals surface area contributed by atoms with Crippen LogP contribution < -0.4 is 0 Å². The molecule has 6 aliphatic carbocycles. The zero-order valence-electron chi connectivity index (χ0n) is 16.4. The number of rotatable bonds is 0. The van der Waals surface area contributed by atoms with Crippen molar-refractivity contribution >= 4 is 11.6 Å². The fraction of sp³-hybridized carbons (Fsp3) is 0.833. The minimum atomic E-state index is -0.0342. The van der Waals surface area contributed by atoms with Gasteiger partial charge in [-0.05, 0) is 92.4 Å². The summed E-state index contributed by atoms with van der Waals surface area (Å²) in [5.74, 6) is 4.57. The molecule has 0 saturated heterocycles. The molecule has 0 aromatic heterocycles. The van der Waals surface area contributed by atoms with Crippen LogP contribution in [0.25, 0.3) is 0 Å². The van der Waals surface area contributed by atoms with Gasteiger partial charge in [-0.15, -0.1) is 0 Å². The van der Waals surface area contributed by atoms with E-state index in [1.165, 1.54) is 44.1 Å². The molecular weight excluding hydrogens is 320 g/mol. The Morgan fingerprint density at radius 3 is 2.38 bits per heavy atom. The summed E-state index contributed by atoms with van der Waals surface area (Å²) in [6.07, 6.45) is 13.6. The van der Waals surface area contributed by atoms with Crippen molar-refractivity contribution in [3.63, 3.8) is 0 Å². The third-order valence-corrected chi connectivity index (χ3v) is 10.6. The maximum absolute atomic E-state index is 13.7. The number of Topliss-reactive ketones (excluding diaryl/α,β-unsaturated/α-hetero) is 1. The van der Waals surface area contributed by atoms with Gasteiger partial charge in [0.05, 0.1) is 0 Å². The van der Waals surface area contributed by atoms with Crippen molar-refractivity contribution in [1.29, 1.82) is 0 Å². The van der Waals surface area contributed by atoms with Crippen LogP contribution in [0.4, 0.5) is 0 Å². The first-order valence-corrected chi connectivity index (χ1v) is 11.2. The molecule has 7 atom stereocenters. The van der Waals surface area contributed by atoms with Crippen LogP contribution in [0.15, 0.2) is 11.6 Å². The second-order valence-corrected chi connectivity index (χ2v) is 11.1. The second kappa shape index (κ2) is 4.73. The Morgan fingerprint density at radius 2 is 1.62 bits per heavy atom. The summed E-state index contributed by atoms with van der Waals surface area (Å²) in [6, 6.07) is 0. The Kier molecular flexibility index (Phi) is 2.92. The lowest BCUT2D eigenvalue weighted by atomic mass is 9.47. The van der Waals surface area contributed by atoms with Crippen LogP contribution in [0.1, 0.15) is 78.1 Å². The normalized spacial score (nSPS) is 57.3. The average Bonchev–Trinajstić information content (AvgIpc) is 2.93. The third-order valence-electron chi connectivity index (χ3n) is 10.6. The lowest BCUT2D eigenvalue weighted by molar-refractivity contribution is -0.136. The molecule has 5 fully saturated rings. The third kappa shape index (κ3) is 1.63. The molecular formula is C24H32O2. The van der Waals surface area contributed by atoms with Gasteiger partial charge < -0.3 is 0 Å². The summed E-state index contributed by atoms with van der Waals surface area (Å²) in [4.78, 5) is 25.7. The number of carbonyl (C=O) groups is 2. The first-order valence-electron chi connectivity index (χ1n) is 11.2. The molecule has 0 aliphatic heterocycles. The largest absolute Gasteiger partial charge is 0.298 e. The van der Waals surface area contributed by atoms with Gasteiger partial charge >= 0.3 is 0 Å². The Balaban J connectivity index is 1.37. The van der Waals surface area contributed by atoms with Crippen molar-refractivity contribution in [3.05, 3.63) is 11.6 Å². The first-order chi connectivity index (χ1) is 12.4. The van der Waals surface area contributed by atoms with Gasteiger partial charge in [0.25, 0.3) is 0 Å². The highest BCUT2D eigenvalue weighted by molar-refractivity contribution is 5.96. The molecule has 140 valence electrons. The van der Waals surface area contributed by atoms with Crippen molar-refractivity contribution in [2.75, 3.05) is 0 Å². The molecule has 2 nitrogen and oxygen atoms in total. The van der Waals surface area contributed by atoms with E-state index in [2.05, 4.69) is 13.8 Å². The van der Waals surface area contributed by atoms with E-state index in [-0.39, 0.29) is 16.2 Å². The van der Waals surface area contributed by atoms with Crippen molar-refractivity contribution in [3.8, 4) is 0 Å². The molecule has 0 amide bonds. The number of ketones is 2. The van der Waals surface area contributed by atoms with E-state index in [0.29, 0.717) is 29.3 Å². The number of allylic oxidation sites excluding steroid dienone is 1. The van der Waals surface area contributed by atoms with E-state index in [0.717, 1.165) is 37.5 Å².